The van der Waals surface area contributed by atoms with E-state index >= 15 is 0 Å². The van der Waals surface area contributed by atoms with Gasteiger partial charge in [0.1, 0.15) is 17.9 Å². The van der Waals surface area contributed by atoms with Gasteiger partial charge in [-0.2, -0.15) is 5.06 Å². The van der Waals surface area contributed by atoms with Crippen LogP contribution in [0.5, 0.6) is 5.75 Å². The minimum absolute atomic E-state index is 0.0134. The van der Waals surface area contributed by atoms with Crippen LogP contribution in [-0.2, 0) is 30.6 Å². The molecule has 0 radical (unpaired) electrons. The van der Waals surface area contributed by atoms with E-state index in [0.29, 0.717) is 65.1 Å². The first-order chi connectivity index (χ1) is 32.7. The molecule has 2 bridgehead atoms. The number of likely N-dealkylation sites (N-methyl/N-ethyl adjacent to an activating group) is 2. The fourth-order valence-electron chi connectivity index (χ4n) is 10.9. The Balaban J connectivity index is 1.37. The second-order valence-corrected chi connectivity index (χ2v) is 29.2. The van der Waals surface area contributed by atoms with Gasteiger partial charge in [0.25, 0.3) is 5.91 Å². The van der Waals surface area contributed by atoms with Crippen molar-refractivity contribution < 1.29 is 42.2 Å². The zero-order chi connectivity index (χ0) is 51.7. The molecule has 3 saturated carbocycles. The predicted octanol–water partition coefficient (Wildman–Crippen LogP) is 6.43. The van der Waals surface area contributed by atoms with Crippen LogP contribution in [0.15, 0.2) is 66.7 Å². The molecule has 3 aliphatic carbocycles. The van der Waals surface area contributed by atoms with Crippen molar-refractivity contribution in [2.45, 2.75) is 122 Å². The van der Waals surface area contributed by atoms with E-state index in [1.165, 1.54) is 6.42 Å². The van der Waals surface area contributed by atoms with Gasteiger partial charge in [0.2, 0.25) is 15.9 Å². The van der Waals surface area contributed by atoms with Crippen molar-refractivity contribution in [1.29, 1.82) is 0 Å². The number of nitrogens with zero attached hydrogens (tertiary/aromatic N) is 3. The Morgan fingerprint density at radius 1 is 1.03 bits per heavy atom. The lowest BCUT2D eigenvalue weighted by molar-refractivity contribution is -0.183. The largest absolute Gasteiger partial charge is 0.496 e. The standard InChI is InChI=1S/C53H82N6O9SSi/c1-33-42-28-39(53(42,6)7)29-43(33)54-51(63)48-46(34(2)61)45(32-60)68-59(48)30-36-21-18-22-41(49(36)66-11)37-25-38(27-40(26-37)58(10)23-24-67-70(13,14)52(3,4)5)50(62)55-44(31-57(8)9)47(56-69(12,64)65)35-19-16-15-17-20-35/h15-22,25-27,33-34,39,42-48,56,60-61H,23-24,28-32H2,1-14H3,(H,54,63)(H,55,62)/t33-,34-,39-,42+,43-,44+,45-,46+,47-,48-/m0/s1. The molecule has 0 aromatic heterocycles. The molecule has 7 rings (SSSR count). The summed E-state index contributed by atoms with van der Waals surface area (Å²) in [4.78, 5) is 39.6. The van der Waals surface area contributed by atoms with Crippen LogP contribution in [0.2, 0.25) is 18.1 Å². The van der Waals surface area contributed by atoms with E-state index in [1.807, 2.05) is 86.7 Å². The summed E-state index contributed by atoms with van der Waals surface area (Å²) < 4.78 is 41.2. The Morgan fingerprint density at radius 3 is 2.29 bits per heavy atom. The summed E-state index contributed by atoms with van der Waals surface area (Å²) in [7, 11) is 1.51. The molecule has 388 valence electrons. The highest BCUT2D eigenvalue weighted by atomic mass is 32.2. The van der Waals surface area contributed by atoms with Crippen LogP contribution >= 0.6 is 0 Å². The number of nitrogens with one attached hydrogen (secondary N) is 3. The van der Waals surface area contributed by atoms with Crippen LogP contribution in [0, 0.1) is 29.1 Å². The Hall–Kier alpha value is -3.91. The number of ether oxygens (including phenoxy) is 1. The lowest BCUT2D eigenvalue weighted by Gasteiger charge is -2.62. The molecule has 0 spiro atoms. The summed E-state index contributed by atoms with van der Waals surface area (Å²) in [5.74, 6) is 0.472. The number of anilines is 1. The van der Waals surface area contributed by atoms with E-state index in [1.54, 1.807) is 25.2 Å². The van der Waals surface area contributed by atoms with Crippen molar-refractivity contribution >= 4 is 35.8 Å². The zero-order valence-corrected chi connectivity index (χ0v) is 45.9. The van der Waals surface area contributed by atoms with Gasteiger partial charge in [-0.15, -0.1) is 0 Å². The maximum Gasteiger partial charge on any atom is 0.251 e. The molecule has 1 aliphatic heterocycles. The number of hydroxylamine groups is 2. The van der Waals surface area contributed by atoms with Crippen molar-refractivity contribution in [3.63, 3.8) is 0 Å². The quantitative estimate of drug-likeness (QED) is 0.0740. The summed E-state index contributed by atoms with van der Waals surface area (Å²) in [5.41, 5.74) is 4.07. The Labute approximate surface area is 419 Å². The van der Waals surface area contributed by atoms with Gasteiger partial charge in [0.05, 0.1) is 51.3 Å². The van der Waals surface area contributed by atoms with E-state index in [4.69, 9.17) is 14.0 Å². The number of carbonyl (C=O) groups is 2. The number of aliphatic hydroxyl groups excluding tert-OH is 2. The molecule has 4 aliphatic rings. The van der Waals surface area contributed by atoms with Gasteiger partial charge in [0.15, 0.2) is 8.32 Å². The highest BCUT2D eigenvalue weighted by molar-refractivity contribution is 7.88. The Morgan fingerprint density at radius 2 is 1.71 bits per heavy atom. The number of amides is 2. The third kappa shape index (κ3) is 12.5. The Kier molecular flexibility index (Phi) is 17.5. The number of fused-ring (bicyclic) bond motifs is 2. The lowest BCUT2D eigenvalue weighted by atomic mass is 9.45. The van der Waals surface area contributed by atoms with Gasteiger partial charge < -0.3 is 39.8 Å². The van der Waals surface area contributed by atoms with Gasteiger partial charge in [-0.25, -0.2) is 13.1 Å². The highest BCUT2D eigenvalue weighted by Crippen LogP contribution is 2.61. The summed E-state index contributed by atoms with van der Waals surface area (Å²) in [5, 5.41) is 29.8. The number of methoxy groups -OCH3 is 1. The van der Waals surface area contributed by atoms with Gasteiger partial charge in [-0.3, -0.25) is 14.4 Å². The first-order valence-electron chi connectivity index (χ1n) is 24.8. The number of aliphatic hydroxyl groups is 2. The van der Waals surface area contributed by atoms with E-state index in [0.717, 1.165) is 18.4 Å². The summed E-state index contributed by atoms with van der Waals surface area (Å²) in [6.07, 6.45) is 1.40. The van der Waals surface area contributed by atoms with E-state index in [2.05, 4.69) is 74.9 Å². The van der Waals surface area contributed by atoms with Gasteiger partial charge in [0, 0.05) is 54.5 Å². The normalized spacial score (nSPS) is 24.9. The second kappa shape index (κ2) is 22.1. The van der Waals surface area contributed by atoms with Crippen molar-refractivity contribution in [2.75, 3.05) is 65.7 Å². The number of para-hydroxylation sites is 1. The molecule has 4 fully saturated rings. The van der Waals surface area contributed by atoms with Gasteiger partial charge in [-0.1, -0.05) is 90.1 Å². The maximum atomic E-state index is 14.8. The van der Waals surface area contributed by atoms with Crippen molar-refractivity contribution in [2.24, 2.45) is 29.1 Å². The van der Waals surface area contributed by atoms with Crippen LogP contribution in [-0.4, -0.2) is 140 Å². The number of hydrogen-bond acceptors (Lipinski definition) is 12. The monoisotopic (exact) mass is 1010 g/mol. The predicted molar refractivity (Wildman–Crippen MR) is 279 cm³/mol. The van der Waals surface area contributed by atoms with Crippen LogP contribution in [0.3, 0.4) is 0 Å². The first kappa shape index (κ1) is 55.4. The molecule has 70 heavy (non-hydrogen) atoms. The molecule has 2 amide bonds. The SMILES string of the molecule is COc1c(CN2O[C@@H](CO)[C@@H]([C@H](C)O)[C@H]2C(=O)N[C@H]2C[C@@H]3C[C@H]([C@@H]2C)C3(C)C)cccc1-c1cc(C(=O)N[C@H](CN(C)C)[C@@H](NS(C)(=O)=O)c2ccccc2)cc(N(C)CCO[Si](C)(C)C(C)(C)C)c1. The number of rotatable bonds is 21. The second-order valence-electron chi connectivity index (χ2n) is 22.7. The molecule has 3 aromatic carbocycles. The molecular weight excluding hydrogens is 925 g/mol. The number of sulfonamides is 1. The minimum Gasteiger partial charge on any atom is -0.496 e. The maximum absolute atomic E-state index is 14.8. The lowest BCUT2D eigenvalue weighted by Crippen LogP contribution is -2.62. The molecule has 17 heteroatoms. The average Bonchev–Trinajstić information content (AvgIpc) is 3.66. The van der Waals surface area contributed by atoms with E-state index < -0.39 is 60.5 Å². The molecule has 10 atom stereocenters. The molecule has 0 unspecified atom stereocenters. The van der Waals surface area contributed by atoms with Crippen molar-refractivity contribution in [3.05, 3.63) is 83.4 Å². The van der Waals surface area contributed by atoms with E-state index in [9.17, 15) is 28.2 Å². The summed E-state index contributed by atoms with van der Waals surface area (Å²) in [6, 6.07) is 18.2. The molecular formula is C53H82N6O9SSi. The van der Waals surface area contributed by atoms with Crippen molar-refractivity contribution in [1.82, 2.24) is 25.3 Å². The van der Waals surface area contributed by atoms with Gasteiger partial charge in [-0.05, 0) is 104 Å². The van der Waals surface area contributed by atoms with Gasteiger partial charge >= 0.3 is 0 Å². The van der Waals surface area contributed by atoms with E-state index in [-0.39, 0.29) is 41.5 Å². The summed E-state index contributed by atoms with van der Waals surface area (Å²) in [6.45, 7) is 20.6. The topological polar surface area (TPSA) is 182 Å². The molecule has 15 nitrogen and oxygen atoms in total. The molecule has 5 N–H and O–H groups in total. The summed E-state index contributed by atoms with van der Waals surface area (Å²) >= 11 is 0. The van der Waals surface area contributed by atoms with Crippen molar-refractivity contribution in [3.8, 4) is 16.9 Å². The van der Waals surface area contributed by atoms with Crippen LogP contribution < -0.4 is 25.0 Å². The van der Waals surface area contributed by atoms with Crippen LogP contribution in [0.1, 0.15) is 88.8 Å². The van der Waals surface area contributed by atoms with Crippen LogP contribution in [0.4, 0.5) is 5.69 Å². The fourth-order valence-corrected chi connectivity index (χ4v) is 12.7. The molecule has 1 saturated heterocycles. The third-order valence-corrected chi connectivity index (χ3v) is 21.3. The smallest absolute Gasteiger partial charge is 0.251 e. The third-order valence-electron chi connectivity index (χ3n) is 16.1. The fraction of sp³-hybridized carbons (Fsp3) is 0.623. The average molecular weight is 1010 g/mol. The van der Waals surface area contributed by atoms with Crippen LogP contribution in [0.25, 0.3) is 11.1 Å². The first-order valence-corrected chi connectivity index (χ1v) is 29.6. The number of carbonyl (C=O) groups excluding carboxylic acids is 2. The molecule has 3 aromatic rings. The number of benzene rings is 3. The minimum atomic E-state index is -3.71. The zero-order valence-electron chi connectivity index (χ0n) is 44.1. The Bertz CT molecular complexity index is 2400. The highest BCUT2D eigenvalue weighted by Gasteiger charge is 2.57. The number of hydrogen-bond donors (Lipinski definition) is 5. The molecule has 1 heterocycles.